The Morgan fingerprint density at radius 1 is 1.36 bits per heavy atom. The minimum absolute atomic E-state index is 0.0597. The number of rotatable bonds is 0. The zero-order chi connectivity index (χ0) is 10.3. The molecule has 0 saturated heterocycles. The summed E-state index contributed by atoms with van der Waals surface area (Å²) in [5.41, 5.74) is 0.670. The van der Waals surface area contributed by atoms with Crippen molar-refractivity contribution in [3.63, 3.8) is 0 Å². The molecule has 0 atom stereocenters. The average Bonchev–Trinajstić information content (AvgIpc) is 2.14. The molecule has 0 unspecified atom stereocenters. The van der Waals surface area contributed by atoms with E-state index in [-0.39, 0.29) is 5.75 Å². The Morgan fingerprint density at radius 3 is 2.71 bits per heavy atom. The number of nitrogens with zero attached hydrogens (tertiary/aromatic N) is 1. The van der Waals surface area contributed by atoms with Crippen LogP contribution in [0.5, 0.6) is 0 Å². The summed E-state index contributed by atoms with van der Waals surface area (Å²) >= 11 is 5.00. The number of para-hydroxylation sites is 1. The highest BCUT2D eigenvalue weighted by atomic mass is 32.2. The molecule has 3 nitrogen and oxygen atoms in total. The third-order valence-corrected chi connectivity index (χ3v) is 4.52. The van der Waals surface area contributed by atoms with E-state index in [2.05, 4.69) is 0 Å². The summed E-state index contributed by atoms with van der Waals surface area (Å²) in [6.45, 7) is 0. The van der Waals surface area contributed by atoms with Crippen LogP contribution in [-0.4, -0.2) is 26.2 Å². The molecule has 74 valence electrons. The molecule has 1 aromatic carbocycles. The predicted molar refractivity (Wildman–Crippen MR) is 59.5 cm³/mol. The number of hydrogen-bond acceptors (Lipinski definition) is 3. The number of anilines is 1. The maximum atomic E-state index is 11.7. The van der Waals surface area contributed by atoms with E-state index in [4.69, 9.17) is 12.2 Å². The second kappa shape index (κ2) is 3.03. The highest BCUT2D eigenvalue weighted by molar-refractivity contribution is 7.94. The van der Waals surface area contributed by atoms with Crippen LogP contribution in [0.3, 0.4) is 0 Å². The lowest BCUT2D eigenvalue weighted by Gasteiger charge is -2.27. The maximum Gasteiger partial charge on any atom is 0.186 e. The van der Waals surface area contributed by atoms with Gasteiger partial charge in [-0.15, -0.1) is 0 Å². The fourth-order valence-electron chi connectivity index (χ4n) is 1.47. The first kappa shape index (κ1) is 9.61. The lowest BCUT2D eigenvalue weighted by Crippen LogP contribution is -2.36. The fourth-order valence-corrected chi connectivity index (χ4v) is 3.52. The molecule has 5 heteroatoms. The van der Waals surface area contributed by atoms with Crippen LogP contribution in [0.25, 0.3) is 0 Å². The van der Waals surface area contributed by atoms with Gasteiger partial charge in [0.2, 0.25) is 0 Å². The molecular formula is C9H9NO2S2. The van der Waals surface area contributed by atoms with Crippen LogP contribution in [0.1, 0.15) is 0 Å². The largest absolute Gasteiger partial charge is 0.337 e. The Morgan fingerprint density at radius 2 is 2.00 bits per heavy atom. The molecule has 1 aliphatic rings. The number of fused-ring (bicyclic) bond motifs is 1. The second-order valence-corrected chi connectivity index (χ2v) is 5.61. The smallest absolute Gasteiger partial charge is 0.186 e. The Bertz CT molecular complexity index is 493. The SMILES string of the molecule is CN1C(=S)CS(=O)(=O)c2ccccc21. The normalized spacial score (nSPS) is 19.2. The van der Waals surface area contributed by atoms with Crippen molar-refractivity contribution in [1.29, 1.82) is 0 Å². The van der Waals surface area contributed by atoms with Crippen molar-refractivity contribution in [3.05, 3.63) is 24.3 Å². The van der Waals surface area contributed by atoms with Gasteiger partial charge in [-0.2, -0.15) is 0 Å². The van der Waals surface area contributed by atoms with Gasteiger partial charge in [0.15, 0.2) is 9.84 Å². The lowest BCUT2D eigenvalue weighted by atomic mass is 10.3. The summed E-state index contributed by atoms with van der Waals surface area (Å²) in [7, 11) is -1.42. The van der Waals surface area contributed by atoms with Gasteiger partial charge in [0.25, 0.3) is 0 Å². The van der Waals surface area contributed by atoms with E-state index in [0.29, 0.717) is 15.6 Å². The molecular weight excluding hydrogens is 218 g/mol. The monoisotopic (exact) mass is 227 g/mol. The van der Waals surface area contributed by atoms with Crippen LogP contribution in [0.4, 0.5) is 5.69 Å². The van der Waals surface area contributed by atoms with Crippen LogP contribution in [0.15, 0.2) is 29.2 Å². The van der Waals surface area contributed by atoms with Crippen LogP contribution in [0, 0.1) is 0 Å². The minimum Gasteiger partial charge on any atom is -0.337 e. The molecule has 14 heavy (non-hydrogen) atoms. The summed E-state index contributed by atoms with van der Waals surface area (Å²) in [6.07, 6.45) is 0. The first-order valence-corrected chi connectivity index (χ1v) is 6.17. The molecule has 0 bridgehead atoms. The van der Waals surface area contributed by atoms with Gasteiger partial charge in [0.05, 0.1) is 15.6 Å². The van der Waals surface area contributed by atoms with E-state index >= 15 is 0 Å². The summed E-state index contributed by atoms with van der Waals surface area (Å²) < 4.78 is 23.4. The molecule has 0 aliphatic carbocycles. The van der Waals surface area contributed by atoms with Crippen LogP contribution >= 0.6 is 12.2 Å². The minimum atomic E-state index is -3.21. The third kappa shape index (κ3) is 1.33. The standard InChI is InChI=1S/C9H9NO2S2/c1-10-7-4-2-3-5-8(7)14(11,12)6-9(10)13/h2-5H,6H2,1H3. The number of hydrogen-bond donors (Lipinski definition) is 0. The van der Waals surface area contributed by atoms with Crippen molar-refractivity contribution in [2.24, 2.45) is 0 Å². The van der Waals surface area contributed by atoms with Gasteiger partial charge in [-0.25, -0.2) is 8.42 Å². The van der Waals surface area contributed by atoms with E-state index in [9.17, 15) is 8.42 Å². The highest BCUT2D eigenvalue weighted by Gasteiger charge is 2.29. The molecule has 0 aromatic heterocycles. The van der Waals surface area contributed by atoms with Crippen LogP contribution < -0.4 is 4.90 Å². The van der Waals surface area contributed by atoms with Gasteiger partial charge in [0, 0.05) is 7.05 Å². The first-order valence-electron chi connectivity index (χ1n) is 4.11. The maximum absolute atomic E-state index is 11.7. The van der Waals surface area contributed by atoms with Crippen molar-refractivity contribution in [2.75, 3.05) is 17.7 Å². The second-order valence-electron chi connectivity index (χ2n) is 3.18. The number of thiocarbonyl (C=S) groups is 1. The molecule has 1 aromatic rings. The molecule has 1 aliphatic heterocycles. The van der Waals surface area contributed by atoms with E-state index in [1.807, 2.05) is 0 Å². The summed E-state index contributed by atoms with van der Waals surface area (Å²) in [5, 5.41) is 0. The number of benzene rings is 1. The Labute approximate surface area is 88.3 Å². The van der Waals surface area contributed by atoms with Crippen molar-refractivity contribution in [1.82, 2.24) is 0 Å². The van der Waals surface area contributed by atoms with E-state index in [1.165, 1.54) is 0 Å². The highest BCUT2D eigenvalue weighted by Crippen LogP contribution is 2.29. The molecule has 1 heterocycles. The molecule has 0 radical (unpaired) electrons. The van der Waals surface area contributed by atoms with Crippen LogP contribution in [0.2, 0.25) is 0 Å². The summed E-state index contributed by atoms with van der Waals surface area (Å²) in [5.74, 6) is -0.0597. The quantitative estimate of drug-likeness (QED) is 0.625. The lowest BCUT2D eigenvalue weighted by molar-refractivity contribution is 0.599. The third-order valence-electron chi connectivity index (χ3n) is 2.25. The van der Waals surface area contributed by atoms with Gasteiger partial charge in [-0.1, -0.05) is 24.4 Å². The summed E-state index contributed by atoms with van der Waals surface area (Å²) in [4.78, 5) is 2.56. The van der Waals surface area contributed by atoms with Crippen molar-refractivity contribution >= 4 is 32.7 Å². The topological polar surface area (TPSA) is 37.4 Å². The molecule has 0 N–H and O–H groups in total. The first-order chi connectivity index (χ1) is 6.52. The van der Waals surface area contributed by atoms with Gasteiger partial charge in [-0.3, -0.25) is 0 Å². The Hall–Kier alpha value is -0.940. The van der Waals surface area contributed by atoms with Crippen molar-refractivity contribution < 1.29 is 8.42 Å². The Balaban J connectivity index is 2.74. The van der Waals surface area contributed by atoms with E-state index < -0.39 is 9.84 Å². The average molecular weight is 227 g/mol. The molecule has 0 amide bonds. The van der Waals surface area contributed by atoms with Gasteiger partial charge < -0.3 is 4.90 Å². The van der Waals surface area contributed by atoms with Gasteiger partial charge in [0.1, 0.15) is 5.75 Å². The zero-order valence-corrected chi connectivity index (χ0v) is 9.23. The molecule has 0 fully saturated rings. The zero-order valence-electron chi connectivity index (χ0n) is 7.60. The van der Waals surface area contributed by atoms with Gasteiger partial charge >= 0.3 is 0 Å². The van der Waals surface area contributed by atoms with Crippen molar-refractivity contribution in [3.8, 4) is 0 Å². The molecule has 0 spiro atoms. The van der Waals surface area contributed by atoms with E-state index in [1.54, 1.807) is 36.2 Å². The molecule has 0 saturated carbocycles. The fraction of sp³-hybridized carbons (Fsp3) is 0.222. The molecule has 2 rings (SSSR count). The van der Waals surface area contributed by atoms with Gasteiger partial charge in [-0.05, 0) is 12.1 Å². The summed E-state index contributed by atoms with van der Waals surface area (Å²) in [6, 6.07) is 6.90. The van der Waals surface area contributed by atoms with E-state index in [0.717, 1.165) is 0 Å². The van der Waals surface area contributed by atoms with Crippen molar-refractivity contribution in [2.45, 2.75) is 4.90 Å². The van der Waals surface area contributed by atoms with Crippen LogP contribution in [-0.2, 0) is 9.84 Å². The Kier molecular flexibility index (Phi) is 2.08. The number of sulfone groups is 1. The predicted octanol–water partition coefficient (Wildman–Crippen LogP) is 1.24.